The lowest BCUT2D eigenvalue weighted by Gasteiger charge is -2.23. The summed E-state index contributed by atoms with van der Waals surface area (Å²) in [6.45, 7) is 1.36. The van der Waals surface area contributed by atoms with Crippen LogP contribution in [-0.2, 0) is 16.0 Å². The molecule has 0 bridgehead atoms. The SMILES string of the molecule is N#CC[C@@H]([C@H]1CCN(c2nc3c(cc2F)CCS3)C1)n1cc(-c2ncnc3[nH]ccc23)cn1.O=C(O)C(F)(F)F.O=C(O)C(F)(F)F. The van der Waals surface area contributed by atoms with Gasteiger partial charge in [0.05, 0.1) is 30.4 Å². The summed E-state index contributed by atoms with van der Waals surface area (Å²) >= 11 is 1.69. The van der Waals surface area contributed by atoms with Gasteiger partial charge in [-0.05, 0) is 30.5 Å². The van der Waals surface area contributed by atoms with Gasteiger partial charge in [0.25, 0.3) is 0 Å². The second-order valence-corrected chi connectivity index (χ2v) is 11.1. The van der Waals surface area contributed by atoms with Crippen LogP contribution < -0.4 is 4.90 Å². The third-order valence-electron chi connectivity index (χ3n) is 7.03. The third kappa shape index (κ3) is 8.46. The van der Waals surface area contributed by atoms with Crippen molar-refractivity contribution < 1.29 is 50.5 Å². The van der Waals surface area contributed by atoms with E-state index in [2.05, 4.69) is 31.1 Å². The Bertz CT molecular complexity index is 1760. The zero-order chi connectivity index (χ0) is 34.5. The van der Waals surface area contributed by atoms with Crippen molar-refractivity contribution in [3.63, 3.8) is 0 Å². The van der Waals surface area contributed by atoms with Crippen LogP contribution in [0.25, 0.3) is 22.3 Å². The van der Waals surface area contributed by atoms with Gasteiger partial charge in [0.2, 0.25) is 0 Å². The third-order valence-corrected chi connectivity index (χ3v) is 8.06. The summed E-state index contributed by atoms with van der Waals surface area (Å²) in [7, 11) is 0. The molecule has 4 aromatic rings. The highest BCUT2D eigenvalue weighted by molar-refractivity contribution is 7.99. The summed E-state index contributed by atoms with van der Waals surface area (Å²) in [6, 6.07) is 5.79. The highest BCUT2D eigenvalue weighted by Gasteiger charge is 2.39. The Balaban J connectivity index is 0.000000301. The van der Waals surface area contributed by atoms with Crippen LogP contribution in [0.15, 0.2) is 42.1 Å². The summed E-state index contributed by atoms with van der Waals surface area (Å²) in [5, 5.41) is 30.2. The second-order valence-electron chi connectivity index (χ2n) is 10.1. The van der Waals surface area contributed by atoms with Gasteiger partial charge in [-0.1, -0.05) is 0 Å². The molecule has 1 fully saturated rings. The Morgan fingerprint density at radius 1 is 1.15 bits per heavy atom. The normalized spacial score (nSPS) is 16.4. The Hall–Kier alpha value is -4.93. The van der Waals surface area contributed by atoms with Crippen molar-refractivity contribution >= 4 is 40.6 Å². The average molecular weight is 689 g/mol. The molecule has 250 valence electrons. The van der Waals surface area contributed by atoms with E-state index in [1.807, 2.05) is 28.0 Å². The van der Waals surface area contributed by atoms with E-state index in [0.29, 0.717) is 25.3 Å². The van der Waals surface area contributed by atoms with Crippen LogP contribution in [0.2, 0.25) is 0 Å². The Labute approximate surface area is 264 Å². The van der Waals surface area contributed by atoms with Crippen LogP contribution in [0, 0.1) is 23.1 Å². The highest BCUT2D eigenvalue weighted by atomic mass is 32.2. The molecule has 20 heteroatoms. The van der Waals surface area contributed by atoms with Gasteiger partial charge in [-0.2, -0.15) is 36.7 Å². The molecule has 0 aromatic carbocycles. The lowest BCUT2D eigenvalue weighted by atomic mass is 9.96. The topological polar surface area (TPSA) is 174 Å². The minimum absolute atomic E-state index is 0.107. The second kappa shape index (κ2) is 14.2. The molecule has 2 aliphatic heterocycles. The van der Waals surface area contributed by atoms with Crippen molar-refractivity contribution in [2.75, 3.05) is 23.7 Å². The first-order valence-electron chi connectivity index (χ1n) is 13.5. The molecule has 0 aliphatic carbocycles. The van der Waals surface area contributed by atoms with E-state index in [1.54, 1.807) is 24.0 Å². The number of alkyl halides is 6. The number of anilines is 1. The number of aromatic amines is 1. The van der Waals surface area contributed by atoms with E-state index in [4.69, 9.17) is 19.8 Å². The summed E-state index contributed by atoms with van der Waals surface area (Å²) in [5.41, 5.74) is 3.46. The van der Waals surface area contributed by atoms with Crippen LogP contribution in [-0.4, -0.2) is 83.1 Å². The number of carbonyl (C=O) groups is 2. The maximum Gasteiger partial charge on any atom is 0.490 e. The van der Waals surface area contributed by atoms with Crippen molar-refractivity contribution in [1.29, 1.82) is 5.26 Å². The van der Waals surface area contributed by atoms with Crippen LogP contribution in [0.4, 0.5) is 36.6 Å². The predicted molar refractivity (Wildman–Crippen MR) is 151 cm³/mol. The first kappa shape index (κ1) is 34.9. The predicted octanol–water partition coefficient (Wildman–Crippen LogP) is 5.25. The zero-order valence-corrected chi connectivity index (χ0v) is 24.6. The van der Waals surface area contributed by atoms with Gasteiger partial charge >= 0.3 is 24.3 Å². The smallest absolute Gasteiger partial charge is 0.475 e. The van der Waals surface area contributed by atoms with Crippen molar-refractivity contribution in [2.24, 2.45) is 5.92 Å². The fourth-order valence-corrected chi connectivity index (χ4v) is 5.90. The van der Waals surface area contributed by atoms with Gasteiger partial charge in [0.15, 0.2) is 11.6 Å². The number of nitriles is 1. The van der Waals surface area contributed by atoms with E-state index >= 15 is 0 Å². The molecule has 3 N–H and O–H groups in total. The standard InChI is InChI=1S/C23H21FN8S.2C2HF3O2/c24-18-9-14-4-8-33-23(14)30-22(18)31-7-3-15(11-31)19(1-5-25)32-12-16(10-29-32)20-17-2-6-26-21(17)28-13-27-20;2*3-2(4,5)1(6)7/h2,6,9-10,12-13,15,19H,1,3-4,7-8,11H2,(H,26,27,28);2*(H,6,7)/t15-,19-;;/m0../s1. The summed E-state index contributed by atoms with van der Waals surface area (Å²) in [6.07, 6.45) is -1.01. The molecule has 12 nitrogen and oxygen atoms in total. The zero-order valence-electron chi connectivity index (χ0n) is 23.8. The quantitative estimate of drug-likeness (QED) is 0.234. The van der Waals surface area contributed by atoms with E-state index in [0.717, 1.165) is 51.5 Å². The number of thioether (sulfide) groups is 1. The van der Waals surface area contributed by atoms with Crippen molar-refractivity contribution in [3.05, 3.63) is 48.4 Å². The molecule has 2 aliphatic rings. The number of halogens is 7. The monoisotopic (exact) mass is 688 g/mol. The van der Waals surface area contributed by atoms with Crippen LogP contribution in [0.3, 0.4) is 0 Å². The van der Waals surface area contributed by atoms with E-state index in [1.165, 1.54) is 6.33 Å². The number of nitrogens with one attached hydrogen (secondary N) is 1. The summed E-state index contributed by atoms with van der Waals surface area (Å²) in [5.74, 6) is -4.22. The van der Waals surface area contributed by atoms with E-state index in [-0.39, 0.29) is 17.8 Å². The molecule has 1 saturated heterocycles. The van der Waals surface area contributed by atoms with Crippen molar-refractivity contribution in [2.45, 2.75) is 42.7 Å². The molecule has 0 radical (unpaired) electrons. The summed E-state index contributed by atoms with van der Waals surface area (Å²) < 4.78 is 80.1. The number of pyridine rings is 1. The lowest BCUT2D eigenvalue weighted by Crippen LogP contribution is -2.26. The molecule has 2 atom stereocenters. The number of hydrogen-bond donors (Lipinski definition) is 3. The van der Waals surface area contributed by atoms with E-state index in [9.17, 15) is 36.0 Å². The van der Waals surface area contributed by atoms with Gasteiger partial charge in [0, 0.05) is 48.1 Å². The van der Waals surface area contributed by atoms with Crippen LogP contribution in [0.5, 0.6) is 0 Å². The Morgan fingerprint density at radius 2 is 1.83 bits per heavy atom. The number of rotatable bonds is 5. The number of aromatic nitrogens is 6. The van der Waals surface area contributed by atoms with Crippen LogP contribution in [0.1, 0.15) is 24.4 Å². The molecule has 4 aromatic heterocycles. The fraction of sp³-hybridized carbons (Fsp3) is 0.370. The molecule has 6 rings (SSSR count). The van der Waals surface area contributed by atoms with Gasteiger partial charge in [-0.15, -0.1) is 11.8 Å². The number of nitrogens with zero attached hydrogens (tertiary/aromatic N) is 7. The molecular weight excluding hydrogens is 665 g/mol. The maximum absolute atomic E-state index is 14.8. The van der Waals surface area contributed by atoms with Crippen LogP contribution >= 0.6 is 11.8 Å². The minimum Gasteiger partial charge on any atom is -0.475 e. The Kier molecular flexibility index (Phi) is 10.6. The average Bonchev–Trinajstić information content (AvgIpc) is 3.81. The highest BCUT2D eigenvalue weighted by Crippen LogP contribution is 2.37. The molecule has 6 heterocycles. The van der Waals surface area contributed by atoms with Gasteiger partial charge in [-0.25, -0.2) is 28.9 Å². The number of carboxylic acid groups (broad SMARTS) is 2. The number of fused-ring (bicyclic) bond motifs is 2. The van der Waals surface area contributed by atoms with Gasteiger partial charge in [0.1, 0.15) is 17.0 Å². The molecule has 0 spiro atoms. The number of aliphatic carboxylic acids is 2. The number of H-pyrrole nitrogens is 1. The number of carboxylic acids is 2. The number of aryl methyl sites for hydroxylation is 1. The molecule has 47 heavy (non-hydrogen) atoms. The van der Waals surface area contributed by atoms with Crippen molar-refractivity contribution in [1.82, 2.24) is 29.7 Å². The molecule has 0 unspecified atom stereocenters. The summed E-state index contributed by atoms with van der Waals surface area (Å²) in [4.78, 5) is 36.2. The van der Waals surface area contributed by atoms with E-state index < -0.39 is 24.3 Å². The molecule has 0 saturated carbocycles. The number of hydrogen-bond acceptors (Lipinski definition) is 9. The minimum atomic E-state index is -5.08. The first-order chi connectivity index (χ1) is 22.1. The van der Waals surface area contributed by atoms with Gasteiger partial charge < -0.3 is 20.1 Å². The van der Waals surface area contributed by atoms with Crippen molar-refractivity contribution in [3.8, 4) is 17.3 Å². The molecular formula is C27H23F7N8O4S. The largest absolute Gasteiger partial charge is 0.490 e. The van der Waals surface area contributed by atoms with Gasteiger partial charge in [-0.3, -0.25) is 4.68 Å². The molecule has 0 amide bonds. The maximum atomic E-state index is 14.8. The Morgan fingerprint density at radius 3 is 2.47 bits per heavy atom. The fourth-order valence-electron chi connectivity index (χ4n) is 4.89. The lowest BCUT2D eigenvalue weighted by molar-refractivity contribution is -0.193. The first-order valence-corrected chi connectivity index (χ1v) is 14.5.